The first-order valence-electron chi connectivity index (χ1n) is 3.65. The first kappa shape index (κ1) is 8.99. The number of alkyl carbamates (subject to hydrolysis) is 1. The molecule has 68 valence electrons. The molecule has 1 fully saturated rings. The summed E-state index contributed by atoms with van der Waals surface area (Å²) >= 11 is 0. The maximum Gasteiger partial charge on any atom is 0.407 e. The summed E-state index contributed by atoms with van der Waals surface area (Å²) in [4.78, 5) is 21.2. The molecule has 5 heteroatoms. The van der Waals surface area contributed by atoms with Crippen LogP contribution >= 0.6 is 0 Å². The van der Waals surface area contributed by atoms with Crippen LogP contribution in [0, 0.1) is 5.92 Å². The Hall–Kier alpha value is -1.10. The van der Waals surface area contributed by atoms with Gasteiger partial charge in [-0.1, -0.05) is 0 Å². The zero-order valence-corrected chi connectivity index (χ0v) is 6.78. The molecular weight excluding hydrogens is 162 g/mol. The number of carbonyl (C=O) groups excluding carboxylic acids is 2. The predicted molar refractivity (Wildman–Crippen MR) is 39.7 cm³/mol. The molecule has 0 saturated carbocycles. The van der Waals surface area contributed by atoms with Crippen molar-refractivity contribution in [3.8, 4) is 0 Å². The van der Waals surface area contributed by atoms with Gasteiger partial charge in [-0.05, 0) is 0 Å². The summed E-state index contributed by atoms with van der Waals surface area (Å²) in [5.41, 5.74) is 0. The standard InChI is InChI=1S/C7H11NO4/c1-11-7(10)8-6(2-9)5-3-12-4-5/h2,5-6H,3-4H2,1H3,(H,8,10)/t6-/m1/s1. The molecule has 0 bridgehead atoms. The lowest BCUT2D eigenvalue weighted by Crippen LogP contribution is -2.49. The van der Waals surface area contributed by atoms with Crippen LogP contribution in [0.4, 0.5) is 4.79 Å². The van der Waals surface area contributed by atoms with E-state index in [1.165, 1.54) is 7.11 Å². The highest BCUT2D eigenvalue weighted by molar-refractivity contribution is 5.73. The molecule has 1 heterocycles. The SMILES string of the molecule is COC(=O)N[C@H](C=O)C1COC1. The van der Waals surface area contributed by atoms with Crippen LogP contribution in [0.15, 0.2) is 0 Å². The maximum absolute atomic E-state index is 10.7. The van der Waals surface area contributed by atoms with Gasteiger partial charge in [0.2, 0.25) is 0 Å². The number of ether oxygens (including phenoxy) is 2. The van der Waals surface area contributed by atoms with Gasteiger partial charge in [0.05, 0.1) is 26.4 Å². The molecule has 0 aromatic carbocycles. The second-order valence-electron chi connectivity index (χ2n) is 2.60. The molecule has 5 nitrogen and oxygen atoms in total. The van der Waals surface area contributed by atoms with Gasteiger partial charge in [-0.3, -0.25) is 0 Å². The van der Waals surface area contributed by atoms with Gasteiger partial charge in [-0.15, -0.1) is 0 Å². The maximum atomic E-state index is 10.7. The van der Waals surface area contributed by atoms with E-state index in [-0.39, 0.29) is 5.92 Å². The first-order valence-corrected chi connectivity index (χ1v) is 3.65. The quantitative estimate of drug-likeness (QED) is 0.587. The fraction of sp³-hybridized carbons (Fsp3) is 0.714. The van der Waals surface area contributed by atoms with E-state index >= 15 is 0 Å². The van der Waals surface area contributed by atoms with Crippen LogP contribution in [0.25, 0.3) is 0 Å². The molecule has 0 aliphatic carbocycles. The summed E-state index contributed by atoms with van der Waals surface area (Å²) in [7, 11) is 1.26. The van der Waals surface area contributed by atoms with Crippen molar-refractivity contribution in [1.29, 1.82) is 0 Å². The Labute approximate surface area is 70.0 Å². The van der Waals surface area contributed by atoms with Crippen LogP contribution in [-0.2, 0) is 14.3 Å². The van der Waals surface area contributed by atoms with Gasteiger partial charge < -0.3 is 19.6 Å². The zero-order valence-electron chi connectivity index (χ0n) is 6.78. The number of rotatable bonds is 3. The van der Waals surface area contributed by atoms with Gasteiger partial charge in [0.1, 0.15) is 6.29 Å². The molecule has 1 rings (SSSR count). The lowest BCUT2D eigenvalue weighted by atomic mass is 10.00. The second kappa shape index (κ2) is 4.06. The van der Waals surface area contributed by atoms with Crippen molar-refractivity contribution < 1.29 is 19.1 Å². The number of nitrogens with one attached hydrogen (secondary N) is 1. The predicted octanol–water partition coefficient (Wildman–Crippen LogP) is -0.444. The summed E-state index contributed by atoms with van der Waals surface area (Å²) in [5, 5.41) is 2.41. The minimum atomic E-state index is -0.584. The molecule has 0 radical (unpaired) electrons. The Morgan fingerprint density at radius 2 is 2.42 bits per heavy atom. The second-order valence-corrected chi connectivity index (χ2v) is 2.60. The number of carbonyl (C=O) groups is 2. The molecule has 0 aromatic rings. The van der Waals surface area contributed by atoms with Crippen molar-refractivity contribution in [2.45, 2.75) is 6.04 Å². The molecule has 1 amide bonds. The third-order valence-corrected chi connectivity index (χ3v) is 1.79. The molecule has 1 atom stereocenters. The summed E-state index contributed by atoms with van der Waals surface area (Å²) in [6.07, 6.45) is 0.114. The lowest BCUT2D eigenvalue weighted by molar-refractivity contribution is -0.116. The third-order valence-electron chi connectivity index (χ3n) is 1.79. The van der Waals surface area contributed by atoms with Crippen molar-refractivity contribution in [2.75, 3.05) is 20.3 Å². The fourth-order valence-corrected chi connectivity index (χ4v) is 0.919. The molecule has 1 saturated heterocycles. The Morgan fingerprint density at radius 1 is 1.75 bits per heavy atom. The average molecular weight is 173 g/mol. The molecule has 0 unspecified atom stereocenters. The molecular formula is C7H11NO4. The van der Waals surface area contributed by atoms with E-state index in [2.05, 4.69) is 10.1 Å². The van der Waals surface area contributed by atoms with E-state index in [9.17, 15) is 9.59 Å². The Morgan fingerprint density at radius 3 is 2.75 bits per heavy atom. The average Bonchev–Trinajstić information content (AvgIpc) is 1.99. The Bertz CT molecular complexity index is 178. The van der Waals surface area contributed by atoms with E-state index < -0.39 is 12.1 Å². The van der Waals surface area contributed by atoms with Gasteiger partial charge in [0.25, 0.3) is 0 Å². The van der Waals surface area contributed by atoms with Crippen LogP contribution in [0.5, 0.6) is 0 Å². The zero-order chi connectivity index (χ0) is 8.97. The Balaban J connectivity index is 2.34. The van der Waals surface area contributed by atoms with E-state index in [4.69, 9.17) is 4.74 Å². The minimum Gasteiger partial charge on any atom is -0.453 e. The molecule has 1 N–H and O–H groups in total. The number of amides is 1. The first-order chi connectivity index (χ1) is 5.77. The summed E-state index contributed by atoms with van der Waals surface area (Å²) in [6, 6.07) is -0.480. The van der Waals surface area contributed by atoms with Crippen LogP contribution in [0.1, 0.15) is 0 Å². The lowest BCUT2D eigenvalue weighted by Gasteiger charge is -2.30. The number of methoxy groups -OCH3 is 1. The van der Waals surface area contributed by atoms with Gasteiger partial charge in [-0.25, -0.2) is 4.79 Å². The monoisotopic (exact) mass is 173 g/mol. The minimum absolute atomic E-state index is 0.0987. The fourth-order valence-electron chi connectivity index (χ4n) is 0.919. The number of aldehydes is 1. The summed E-state index contributed by atoms with van der Waals surface area (Å²) < 4.78 is 9.23. The highest BCUT2D eigenvalue weighted by atomic mass is 16.5. The van der Waals surface area contributed by atoms with Gasteiger partial charge in [0.15, 0.2) is 0 Å². The molecule has 0 spiro atoms. The van der Waals surface area contributed by atoms with E-state index in [1.54, 1.807) is 0 Å². The van der Waals surface area contributed by atoms with Crippen molar-refractivity contribution in [1.82, 2.24) is 5.32 Å². The van der Waals surface area contributed by atoms with E-state index in [0.29, 0.717) is 19.5 Å². The summed E-state index contributed by atoms with van der Waals surface area (Å²) in [6.45, 7) is 1.04. The van der Waals surface area contributed by atoms with Crippen LogP contribution in [0.2, 0.25) is 0 Å². The van der Waals surface area contributed by atoms with Gasteiger partial charge in [-0.2, -0.15) is 0 Å². The van der Waals surface area contributed by atoms with E-state index in [0.717, 1.165) is 0 Å². The summed E-state index contributed by atoms with van der Waals surface area (Å²) in [5.74, 6) is 0.0987. The van der Waals surface area contributed by atoms with Crippen LogP contribution in [0.3, 0.4) is 0 Å². The molecule has 1 aliphatic heterocycles. The Kier molecular flexibility index (Phi) is 3.04. The largest absolute Gasteiger partial charge is 0.453 e. The molecule has 0 aromatic heterocycles. The van der Waals surface area contributed by atoms with Crippen molar-refractivity contribution in [3.63, 3.8) is 0 Å². The van der Waals surface area contributed by atoms with Crippen LogP contribution < -0.4 is 5.32 Å². The molecule has 1 aliphatic rings. The van der Waals surface area contributed by atoms with Crippen LogP contribution in [-0.4, -0.2) is 38.7 Å². The normalized spacial score (nSPS) is 19.1. The van der Waals surface area contributed by atoms with Gasteiger partial charge in [0, 0.05) is 5.92 Å². The van der Waals surface area contributed by atoms with Gasteiger partial charge >= 0.3 is 6.09 Å². The van der Waals surface area contributed by atoms with Crippen molar-refractivity contribution >= 4 is 12.4 Å². The van der Waals surface area contributed by atoms with E-state index in [1.807, 2.05) is 0 Å². The van der Waals surface area contributed by atoms with Crippen molar-refractivity contribution in [2.24, 2.45) is 5.92 Å². The highest BCUT2D eigenvalue weighted by Gasteiger charge is 2.29. The third kappa shape index (κ3) is 1.94. The highest BCUT2D eigenvalue weighted by Crippen LogP contribution is 2.13. The number of hydrogen-bond donors (Lipinski definition) is 1. The molecule has 12 heavy (non-hydrogen) atoms. The topological polar surface area (TPSA) is 64.6 Å². The van der Waals surface area contributed by atoms with Crippen molar-refractivity contribution in [3.05, 3.63) is 0 Å². The number of hydrogen-bond acceptors (Lipinski definition) is 4. The smallest absolute Gasteiger partial charge is 0.407 e.